The second-order valence-corrected chi connectivity index (χ2v) is 8.12. The highest BCUT2D eigenvalue weighted by Gasteiger charge is 2.17. The first-order chi connectivity index (χ1) is 12.8. The van der Waals surface area contributed by atoms with Crippen LogP contribution in [-0.2, 0) is 0 Å². The van der Waals surface area contributed by atoms with E-state index in [0.29, 0.717) is 0 Å². The molecule has 5 aromatic carbocycles. The Balaban J connectivity index is 2.21. The molecule has 0 unspecified atom stereocenters. The molecule has 126 valence electrons. The number of thioether (sulfide) groups is 2. The molecule has 2 heteroatoms. The van der Waals surface area contributed by atoms with Crippen molar-refractivity contribution in [2.75, 3.05) is 12.5 Å². The summed E-state index contributed by atoms with van der Waals surface area (Å²) in [6.07, 6.45) is 4.38. The van der Waals surface area contributed by atoms with Crippen molar-refractivity contribution in [3.8, 4) is 0 Å². The molecule has 0 saturated carbocycles. The van der Waals surface area contributed by atoms with Crippen molar-refractivity contribution in [2.45, 2.75) is 9.79 Å². The van der Waals surface area contributed by atoms with Crippen LogP contribution in [0.15, 0.2) is 82.6 Å². The van der Waals surface area contributed by atoms with Gasteiger partial charge in [-0.25, -0.2) is 0 Å². The van der Waals surface area contributed by atoms with Gasteiger partial charge in [0.1, 0.15) is 0 Å². The van der Waals surface area contributed by atoms with E-state index >= 15 is 0 Å². The Bertz CT molecular complexity index is 1200. The summed E-state index contributed by atoms with van der Waals surface area (Å²) in [6.45, 7) is 0. The molecule has 0 atom stereocenters. The Morgan fingerprint density at radius 1 is 0.462 bits per heavy atom. The molecule has 0 aliphatic rings. The van der Waals surface area contributed by atoms with E-state index in [1.807, 2.05) is 23.5 Å². The molecular formula is C24H18S2. The van der Waals surface area contributed by atoms with Crippen LogP contribution in [0.5, 0.6) is 0 Å². The van der Waals surface area contributed by atoms with Gasteiger partial charge in [0.25, 0.3) is 0 Å². The lowest BCUT2D eigenvalue weighted by molar-refractivity contribution is 1.37. The number of benzene rings is 5. The van der Waals surface area contributed by atoms with Crippen LogP contribution in [0.1, 0.15) is 0 Å². The van der Waals surface area contributed by atoms with Crippen LogP contribution in [0.3, 0.4) is 0 Å². The lowest BCUT2D eigenvalue weighted by atomic mass is 9.93. The van der Waals surface area contributed by atoms with Crippen LogP contribution in [0.2, 0.25) is 0 Å². The van der Waals surface area contributed by atoms with Gasteiger partial charge in [-0.1, -0.05) is 72.8 Å². The largest absolute Gasteiger partial charge is 0.128 e. The van der Waals surface area contributed by atoms with Crippen LogP contribution in [-0.4, -0.2) is 12.5 Å². The fraction of sp³-hybridized carbons (Fsp3) is 0.0833. The molecule has 0 N–H and O–H groups in total. The lowest BCUT2D eigenvalue weighted by Gasteiger charge is -2.18. The fourth-order valence-electron chi connectivity index (χ4n) is 4.11. The van der Waals surface area contributed by atoms with Crippen LogP contribution in [0, 0.1) is 0 Å². The molecule has 0 saturated heterocycles. The van der Waals surface area contributed by atoms with E-state index in [1.165, 1.54) is 52.9 Å². The zero-order valence-electron chi connectivity index (χ0n) is 14.7. The first-order valence-corrected chi connectivity index (χ1v) is 11.2. The standard InChI is InChI=1S/C24H18S2/c1-25-23-19-13-11-15-7-3-5-9-17(15)21(19)22-18-10-6-4-8-16(18)12-14-20(22)24(23)26-2/h3-14H,1-2H3. The molecule has 5 aromatic rings. The zero-order valence-corrected chi connectivity index (χ0v) is 16.4. The molecule has 0 amide bonds. The fourth-order valence-corrected chi connectivity index (χ4v) is 5.98. The van der Waals surface area contributed by atoms with Gasteiger partial charge >= 0.3 is 0 Å². The molecular weight excluding hydrogens is 352 g/mol. The first kappa shape index (κ1) is 16.0. The quantitative estimate of drug-likeness (QED) is 0.230. The number of hydrogen-bond donors (Lipinski definition) is 0. The van der Waals surface area contributed by atoms with Gasteiger partial charge in [0.2, 0.25) is 0 Å². The molecule has 0 aliphatic heterocycles. The summed E-state index contributed by atoms with van der Waals surface area (Å²) >= 11 is 3.71. The Hall–Kier alpha value is -2.16. The van der Waals surface area contributed by atoms with Gasteiger partial charge in [-0.05, 0) is 55.6 Å². The van der Waals surface area contributed by atoms with Crippen molar-refractivity contribution in [2.24, 2.45) is 0 Å². The minimum absolute atomic E-state index is 1.30. The van der Waals surface area contributed by atoms with E-state index in [0.717, 1.165) is 0 Å². The molecule has 0 nitrogen and oxygen atoms in total. The summed E-state index contributed by atoms with van der Waals surface area (Å²) in [5, 5.41) is 10.8. The second kappa shape index (κ2) is 6.22. The monoisotopic (exact) mass is 370 g/mol. The van der Waals surface area contributed by atoms with Gasteiger partial charge in [-0.3, -0.25) is 0 Å². The minimum atomic E-state index is 1.30. The smallest absolute Gasteiger partial charge is 0.0290 e. The van der Waals surface area contributed by atoms with Gasteiger partial charge in [0, 0.05) is 9.79 Å². The summed E-state index contributed by atoms with van der Waals surface area (Å²) < 4.78 is 0. The van der Waals surface area contributed by atoms with E-state index in [2.05, 4.69) is 85.3 Å². The number of rotatable bonds is 2. The van der Waals surface area contributed by atoms with Crippen molar-refractivity contribution in [3.05, 3.63) is 72.8 Å². The van der Waals surface area contributed by atoms with Crippen molar-refractivity contribution in [1.29, 1.82) is 0 Å². The molecule has 0 aromatic heterocycles. The van der Waals surface area contributed by atoms with E-state index in [-0.39, 0.29) is 0 Å². The van der Waals surface area contributed by atoms with E-state index < -0.39 is 0 Å². The average molecular weight is 371 g/mol. The second-order valence-electron chi connectivity index (χ2n) is 6.49. The lowest BCUT2D eigenvalue weighted by Crippen LogP contribution is -1.89. The van der Waals surface area contributed by atoms with Crippen molar-refractivity contribution in [1.82, 2.24) is 0 Å². The van der Waals surface area contributed by atoms with E-state index in [4.69, 9.17) is 0 Å². The molecule has 0 radical (unpaired) electrons. The summed E-state index contributed by atoms with van der Waals surface area (Å²) in [5.74, 6) is 0. The van der Waals surface area contributed by atoms with Gasteiger partial charge < -0.3 is 0 Å². The molecule has 26 heavy (non-hydrogen) atoms. The van der Waals surface area contributed by atoms with Gasteiger partial charge in [0.15, 0.2) is 0 Å². The number of fused-ring (bicyclic) bond motifs is 7. The van der Waals surface area contributed by atoms with E-state index in [1.54, 1.807) is 0 Å². The highest BCUT2D eigenvalue weighted by atomic mass is 32.2. The van der Waals surface area contributed by atoms with Gasteiger partial charge in [-0.2, -0.15) is 0 Å². The first-order valence-electron chi connectivity index (χ1n) is 8.70. The Labute approximate surface area is 161 Å². The zero-order chi connectivity index (χ0) is 17.7. The maximum atomic E-state index is 2.31. The van der Waals surface area contributed by atoms with Crippen molar-refractivity contribution in [3.63, 3.8) is 0 Å². The SMILES string of the molecule is CSc1c(SC)c2ccc3ccccc3c2c2c1ccc1ccccc12. The van der Waals surface area contributed by atoms with E-state index in [9.17, 15) is 0 Å². The molecule has 5 rings (SSSR count). The third-order valence-electron chi connectivity index (χ3n) is 5.21. The molecule has 0 fully saturated rings. The maximum Gasteiger partial charge on any atom is 0.0290 e. The van der Waals surface area contributed by atoms with Crippen molar-refractivity contribution >= 4 is 66.6 Å². The Kier molecular flexibility index (Phi) is 3.84. The normalized spacial score (nSPS) is 11.8. The summed E-state index contributed by atoms with van der Waals surface area (Å²) in [5.41, 5.74) is 0. The Morgan fingerprint density at radius 2 is 0.885 bits per heavy atom. The third kappa shape index (κ3) is 2.19. The van der Waals surface area contributed by atoms with Crippen LogP contribution >= 0.6 is 23.5 Å². The summed E-state index contributed by atoms with van der Waals surface area (Å²) in [6, 6.07) is 26.7. The highest BCUT2D eigenvalue weighted by Crippen LogP contribution is 2.46. The van der Waals surface area contributed by atoms with Gasteiger partial charge in [0.05, 0.1) is 0 Å². The van der Waals surface area contributed by atoms with Crippen LogP contribution in [0.4, 0.5) is 0 Å². The summed E-state index contributed by atoms with van der Waals surface area (Å²) in [7, 11) is 0. The molecule has 0 bridgehead atoms. The van der Waals surface area contributed by atoms with Crippen LogP contribution in [0.25, 0.3) is 43.1 Å². The van der Waals surface area contributed by atoms with Gasteiger partial charge in [-0.15, -0.1) is 23.5 Å². The molecule has 0 aliphatic carbocycles. The predicted octanol–water partition coefficient (Wildman–Crippen LogP) is 7.74. The highest BCUT2D eigenvalue weighted by molar-refractivity contribution is 8.02. The Morgan fingerprint density at radius 3 is 1.31 bits per heavy atom. The minimum Gasteiger partial charge on any atom is -0.128 e. The number of hydrogen-bond acceptors (Lipinski definition) is 2. The topological polar surface area (TPSA) is 0 Å². The average Bonchev–Trinajstić information content (AvgIpc) is 2.71. The molecule has 0 spiro atoms. The van der Waals surface area contributed by atoms with Crippen molar-refractivity contribution < 1.29 is 0 Å². The third-order valence-corrected chi connectivity index (χ3v) is 7.01. The molecule has 0 heterocycles. The summed E-state index contributed by atoms with van der Waals surface area (Å²) in [4.78, 5) is 2.78. The van der Waals surface area contributed by atoms with Crippen LogP contribution < -0.4 is 0 Å². The maximum absolute atomic E-state index is 2.31. The predicted molar refractivity (Wildman–Crippen MR) is 120 cm³/mol.